The van der Waals surface area contributed by atoms with Crippen LogP contribution in [0, 0.1) is 0 Å². The van der Waals surface area contributed by atoms with Crippen LogP contribution in [-0.2, 0) is 25.7 Å². The second-order valence-electron chi connectivity index (χ2n) is 12.4. The molecule has 2 atom stereocenters. The lowest BCUT2D eigenvalue weighted by molar-refractivity contribution is -0.137. The molecule has 2 bridgehead atoms. The number of alkyl carbamates (subject to hydrolysis) is 1. The first kappa shape index (κ1) is 32.7. The first-order valence-electron chi connectivity index (χ1n) is 13.9. The molecule has 3 rings (SSSR count). The number of nitrogens with one attached hydrogen (secondary N) is 3. The molecule has 12 nitrogen and oxygen atoms in total. The maximum absolute atomic E-state index is 12.8. The van der Waals surface area contributed by atoms with Gasteiger partial charge in [-0.15, -0.1) is 0 Å². The molecule has 1 aliphatic rings. The zero-order chi connectivity index (χ0) is 31.1. The molecule has 2 amide bonds. The van der Waals surface area contributed by atoms with E-state index in [2.05, 4.69) is 35.6 Å². The summed E-state index contributed by atoms with van der Waals surface area (Å²) < 4.78 is 18.1. The quantitative estimate of drug-likeness (QED) is 0.166. The largest absolute Gasteiger partial charge is 0.480 e. The third-order valence-corrected chi connectivity index (χ3v) is 8.01. The first-order chi connectivity index (χ1) is 19.6. The van der Waals surface area contributed by atoms with E-state index in [4.69, 9.17) is 19.2 Å². The Kier molecular flexibility index (Phi) is 10.8. The number of methoxy groups -OCH3 is 1. The zero-order valence-corrected chi connectivity index (χ0v) is 26.4. The van der Waals surface area contributed by atoms with Gasteiger partial charge in [-0.3, -0.25) is 5.32 Å². The molecule has 42 heavy (non-hydrogen) atoms. The predicted molar refractivity (Wildman–Crippen MR) is 163 cm³/mol. The van der Waals surface area contributed by atoms with E-state index in [9.17, 15) is 19.5 Å². The molecule has 1 aromatic carbocycles. The number of aliphatic carboxylic acids is 1. The normalized spacial score (nSPS) is 17.9. The molecule has 0 fully saturated rings. The maximum Gasteiger partial charge on any atom is 0.411 e. The Labute approximate surface area is 247 Å². The highest BCUT2D eigenvalue weighted by Crippen LogP contribution is 2.33. The highest BCUT2D eigenvalue weighted by atomic mass is 28.3. The van der Waals surface area contributed by atoms with E-state index in [1.165, 1.54) is 7.11 Å². The van der Waals surface area contributed by atoms with Gasteiger partial charge in [-0.2, -0.15) is 0 Å². The van der Waals surface area contributed by atoms with Crippen LogP contribution in [0.4, 0.5) is 21.0 Å². The maximum atomic E-state index is 12.8. The summed E-state index contributed by atoms with van der Waals surface area (Å²) in [5.74, 6) is -0.481. The van der Waals surface area contributed by atoms with E-state index < -0.39 is 43.9 Å². The minimum Gasteiger partial charge on any atom is -0.480 e. The number of benzene rings is 1. The lowest BCUT2D eigenvalue weighted by Gasteiger charge is -2.24. The Balaban J connectivity index is 2.09. The van der Waals surface area contributed by atoms with Crippen molar-refractivity contribution in [3.05, 3.63) is 42.4 Å². The van der Waals surface area contributed by atoms with Crippen LogP contribution in [-0.4, -0.2) is 66.2 Å². The van der Waals surface area contributed by atoms with Crippen molar-refractivity contribution in [1.29, 1.82) is 0 Å². The Morgan fingerprint density at radius 1 is 1.14 bits per heavy atom. The van der Waals surface area contributed by atoms with Gasteiger partial charge in [0.2, 0.25) is 0 Å². The van der Waals surface area contributed by atoms with Crippen molar-refractivity contribution in [2.75, 3.05) is 24.4 Å². The van der Waals surface area contributed by atoms with Gasteiger partial charge >= 0.3 is 18.2 Å². The number of carboxylic acids is 1. The van der Waals surface area contributed by atoms with Gasteiger partial charge in [0, 0.05) is 37.8 Å². The molecule has 0 saturated heterocycles. The fourth-order valence-electron chi connectivity index (χ4n) is 4.17. The van der Waals surface area contributed by atoms with E-state index >= 15 is 0 Å². The number of imidazole rings is 1. The molecule has 1 aliphatic heterocycles. The van der Waals surface area contributed by atoms with Gasteiger partial charge in [-0.25, -0.2) is 19.4 Å². The molecule has 2 heterocycles. The summed E-state index contributed by atoms with van der Waals surface area (Å²) in [5, 5.41) is 18.6. The van der Waals surface area contributed by atoms with Gasteiger partial charge in [0.25, 0.3) is 0 Å². The summed E-state index contributed by atoms with van der Waals surface area (Å²) in [6.45, 7) is 13.0. The highest BCUT2D eigenvalue weighted by molar-refractivity contribution is 6.76. The number of rotatable bonds is 8. The molecule has 4 N–H and O–H groups in total. The van der Waals surface area contributed by atoms with Crippen molar-refractivity contribution in [2.24, 2.45) is 0 Å². The average Bonchev–Trinajstić information content (AvgIpc) is 3.29. The summed E-state index contributed by atoms with van der Waals surface area (Å²) in [5.41, 5.74) is 1.33. The third-order valence-electron chi connectivity index (χ3n) is 6.30. The fourth-order valence-corrected chi connectivity index (χ4v) is 4.93. The van der Waals surface area contributed by atoms with Crippen LogP contribution in [0.5, 0.6) is 0 Å². The minimum atomic E-state index is -1.31. The van der Waals surface area contributed by atoms with Gasteiger partial charge in [0.05, 0.1) is 18.8 Å². The van der Waals surface area contributed by atoms with Crippen LogP contribution in [0.15, 0.2) is 36.5 Å². The van der Waals surface area contributed by atoms with Gasteiger partial charge < -0.3 is 34.5 Å². The average molecular weight is 602 g/mol. The Bertz CT molecular complexity index is 1300. The number of hydrogen-bond donors (Lipinski definition) is 4. The van der Waals surface area contributed by atoms with E-state index in [1.807, 2.05) is 16.8 Å². The van der Waals surface area contributed by atoms with Crippen molar-refractivity contribution < 1.29 is 33.7 Å². The fraction of sp³-hybridized carbons (Fsp3) is 0.517. The summed E-state index contributed by atoms with van der Waals surface area (Å²) in [6.07, 6.45) is 4.68. The minimum absolute atomic E-state index is 0.178. The van der Waals surface area contributed by atoms with Crippen LogP contribution in [0.1, 0.15) is 45.5 Å². The second-order valence-corrected chi connectivity index (χ2v) is 18.0. The Morgan fingerprint density at radius 3 is 2.50 bits per heavy atom. The third kappa shape index (κ3) is 9.91. The molecule has 0 aliphatic carbocycles. The lowest BCUT2D eigenvalue weighted by Crippen LogP contribution is -2.36. The summed E-state index contributed by atoms with van der Waals surface area (Å²) in [6, 6.07) is 4.51. The summed E-state index contributed by atoms with van der Waals surface area (Å²) >= 11 is 0. The topological polar surface area (TPSA) is 153 Å². The van der Waals surface area contributed by atoms with Crippen LogP contribution < -0.4 is 16.0 Å². The Hall–Kier alpha value is -3.84. The van der Waals surface area contributed by atoms with Crippen molar-refractivity contribution in [1.82, 2.24) is 14.9 Å². The first-order valence-corrected chi connectivity index (χ1v) is 17.6. The summed E-state index contributed by atoms with van der Waals surface area (Å²) in [4.78, 5) is 41.7. The molecule has 13 heteroatoms. The molecular weight excluding hydrogens is 558 g/mol. The molecule has 230 valence electrons. The van der Waals surface area contributed by atoms with Crippen LogP contribution in [0.2, 0.25) is 25.7 Å². The van der Waals surface area contributed by atoms with Gasteiger partial charge in [0.15, 0.2) is 0 Å². The number of hydrogen-bond acceptors (Lipinski definition) is 8. The monoisotopic (exact) mass is 601 g/mol. The molecule has 0 radical (unpaired) electrons. The predicted octanol–water partition coefficient (Wildman–Crippen LogP) is 5.82. The highest BCUT2D eigenvalue weighted by Gasteiger charge is 2.27. The summed E-state index contributed by atoms with van der Waals surface area (Å²) in [7, 11) is -0.0499. The standard InChI is InChI=1S/C29H43N5O7Si/c1-29(2,3)41-28(38)33-21-10-8-9-11-22(26(35)36)31-23-16-19(30-27(37)39-4)12-13-20(23)24-17-34(25(21)32-24)18-40-14-15-42(5,6)7/h8-9,12-13,16-17,21-22,31H,10-11,14-15,18H2,1-7H3,(H,30,37)(H,33,38)(H,35,36)/b9-8+/t21-,22+/m0/s1. The number of ether oxygens (including phenoxy) is 3. The van der Waals surface area contributed by atoms with E-state index in [-0.39, 0.29) is 13.2 Å². The van der Waals surface area contributed by atoms with E-state index in [0.717, 1.165) is 6.04 Å². The van der Waals surface area contributed by atoms with Crippen LogP contribution in [0.25, 0.3) is 11.3 Å². The lowest BCUT2D eigenvalue weighted by atomic mass is 10.1. The van der Waals surface area contributed by atoms with Crippen molar-refractivity contribution in [3.8, 4) is 11.3 Å². The number of amides is 2. The zero-order valence-electron chi connectivity index (χ0n) is 25.4. The number of fused-ring (bicyclic) bond motifs is 4. The SMILES string of the molecule is COC(=O)Nc1ccc2c(c1)N[C@@H](C(=O)O)C/C=C/C[C@H](NC(=O)OC(C)(C)C)c1nc-2cn1COCC[Si](C)(C)C. The molecule has 0 spiro atoms. The van der Waals surface area contributed by atoms with E-state index in [0.29, 0.717) is 41.5 Å². The number of anilines is 2. The number of carbonyl (C=O) groups is 3. The molecular formula is C29H43N5O7Si. The molecule has 1 aromatic heterocycles. The van der Waals surface area contributed by atoms with Crippen LogP contribution in [0.3, 0.4) is 0 Å². The molecule has 0 saturated carbocycles. The van der Waals surface area contributed by atoms with Crippen molar-refractivity contribution in [2.45, 2.75) is 83.7 Å². The van der Waals surface area contributed by atoms with Crippen LogP contribution >= 0.6 is 0 Å². The van der Waals surface area contributed by atoms with Gasteiger partial charge in [0.1, 0.15) is 24.2 Å². The number of carbonyl (C=O) groups excluding carboxylic acids is 2. The van der Waals surface area contributed by atoms with Gasteiger partial charge in [-0.05, 0) is 57.9 Å². The Morgan fingerprint density at radius 2 is 1.86 bits per heavy atom. The van der Waals surface area contributed by atoms with Gasteiger partial charge in [-0.1, -0.05) is 31.8 Å². The smallest absolute Gasteiger partial charge is 0.411 e. The van der Waals surface area contributed by atoms with Crippen molar-refractivity contribution >= 4 is 37.6 Å². The van der Waals surface area contributed by atoms with E-state index in [1.54, 1.807) is 45.0 Å². The number of carboxylic acid groups (broad SMARTS) is 1. The number of nitrogens with zero attached hydrogens (tertiary/aromatic N) is 2. The molecule has 0 unspecified atom stereocenters. The number of aromatic nitrogens is 2. The van der Waals surface area contributed by atoms with Crippen molar-refractivity contribution in [3.63, 3.8) is 0 Å². The second kappa shape index (κ2) is 13.9. The molecule has 2 aromatic rings.